The smallest absolute Gasteiger partial charge is 0.306 e. The number of nitrogens with zero attached hydrogens (tertiary/aromatic N) is 1. The monoisotopic (exact) mass is 768 g/mol. The molecule has 0 aliphatic rings. The Labute approximate surface area is 327 Å². The van der Waals surface area contributed by atoms with Crippen LogP contribution in [0.2, 0.25) is 0 Å². The summed E-state index contributed by atoms with van der Waals surface area (Å²) in [5, 5.41) is 0. The van der Waals surface area contributed by atoms with Gasteiger partial charge in [0.15, 0.2) is 0 Å². The normalized spacial score (nSPS) is 14.3. The largest absolute Gasteiger partial charge is 0.756 e. The summed E-state index contributed by atoms with van der Waals surface area (Å²) in [5.74, 6) is -0.341. The molecule has 2 unspecified atom stereocenters. The standard InChI is InChI=1S/C44H82NO7P/c1-6-8-10-12-14-16-18-19-20-21-22-23-24-25-26-28-30-32-34-36-39-49-41-43(42-51-53(47,48)50-40-38-45(3,4)5)52-44(46)37-35-33-31-29-27-17-15-13-11-9-7-2/h8,10,14,16,19-20,22-23,43H,6-7,9,11-13,15,17-18,21,24-42H2,1-5H3/b10-8-,16-14-,20-19-,23-22-. The number of hydrogen-bond donors (Lipinski definition) is 0. The SMILES string of the molecule is CC/C=C\C/C=C\C/C=C\C/C=C\CCCCCCCCCOCC(COP(=O)([O-])OCC[N+](C)(C)C)OC(=O)CCCCCCCCCCCCC. The molecule has 0 aromatic heterocycles. The van der Waals surface area contributed by atoms with Gasteiger partial charge in [-0.15, -0.1) is 0 Å². The predicted molar refractivity (Wildman–Crippen MR) is 222 cm³/mol. The number of phosphoric ester groups is 1. The Hall–Kier alpha value is -1.54. The summed E-state index contributed by atoms with van der Waals surface area (Å²) >= 11 is 0. The van der Waals surface area contributed by atoms with Crippen molar-refractivity contribution in [2.24, 2.45) is 0 Å². The lowest BCUT2D eigenvalue weighted by Crippen LogP contribution is -2.37. The number of likely N-dealkylation sites (N-methyl/N-ethyl adjacent to an activating group) is 1. The lowest BCUT2D eigenvalue weighted by atomic mass is 10.1. The van der Waals surface area contributed by atoms with Crippen LogP contribution >= 0.6 is 7.82 Å². The van der Waals surface area contributed by atoms with E-state index < -0.39 is 13.9 Å². The number of hydrogen-bond acceptors (Lipinski definition) is 7. The predicted octanol–water partition coefficient (Wildman–Crippen LogP) is 11.7. The maximum absolute atomic E-state index is 12.6. The number of ether oxygens (including phenoxy) is 2. The van der Waals surface area contributed by atoms with Gasteiger partial charge < -0.3 is 27.9 Å². The molecule has 0 aliphatic carbocycles. The summed E-state index contributed by atoms with van der Waals surface area (Å²) in [6.07, 6.45) is 44.1. The molecule has 2 atom stereocenters. The summed E-state index contributed by atoms with van der Waals surface area (Å²) in [5.41, 5.74) is 0. The first kappa shape index (κ1) is 51.5. The van der Waals surface area contributed by atoms with Gasteiger partial charge in [-0.1, -0.05) is 159 Å². The van der Waals surface area contributed by atoms with Crippen LogP contribution in [-0.4, -0.2) is 70.7 Å². The van der Waals surface area contributed by atoms with Crippen LogP contribution in [0.1, 0.15) is 168 Å². The van der Waals surface area contributed by atoms with Gasteiger partial charge in [0.1, 0.15) is 19.3 Å². The van der Waals surface area contributed by atoms with E-state index in [4.69, 9.17) is 18.5 Å². The van der Waals surface area contributed by atoms with Crippen molar-refractivity contribution in [3.63, 3.8) is 0 Å². The fourth-order valence-corrected chi connectivity index (χ4v) is 6.32. The van der Waals surface area contributed by atoms with E-state index in [2.05, 4.69) is 62.5 Å². The van der Waals surface area contributed by atoms with Crippen molar-refractivity contribution in [3.05, 3.63) is 48.6 Å². The molecule has 0 N–H and O–H groups in total. The van der Waals surface area contributed by atoms with Gasteiger partial charge in [-0.3, -0.25) is 9.36 Å². The Morgan fingerprint density at radius 3 is 1.64 bits per heavy atom. The van der Waals surface area contributed by atoms with Crippen LogP contribution in [-0.2, 0) is 27.9 Å². The Balaban J connectivity index is 4.22. The number of unbranched alkanes of at least 4 members (excludes halogenated alkanes) is 17. The van der Waals surface area contributed by atoms with Gasteiger partial charge in [-0.2, -0.15) is 0 Å². The molecular formula is C44H82NO7P. The Morgan fingerprint density at radius 2 is 1.09 bits per heavy atom. The highest BCUT2D eigenvalue weighted by molar-refractivity contribution is 7.45. The highest BCUT2D eigenvalue weighted by atomic mass is 31.2. The molecule has 310 valence electrons. The second-order valence-corrected chi connectivity index (χ2v) is 16.7. The van der Waals surface area contributed by atoms with Gasteiger partial charge in [-0.05, 0) is 51.4 Å². The number of carbonyl (C=O) groups is 1. The molecular weight excluding hydrogens is 685 g/mol. The second-order valence-electron chi connectivity index (χ2n) is 15.3. The molecule has 0 aromatic carbocycles. The molecule has 0 aromatic rings. The third-order valence-electron chi connectivity index (χ3n) is 8.89. The van der Waals surface area contributed by atoms with Crippen LogP contribution in [0.25, 0.3) is 0 Å². The van der Waals surface area contributed by atoms with E-state index in [1.807, 2.05) is 21.1 Å². The number of esters is 1. The van der Waals surface area contributed by atoms with Gasteiger partial charge in [0.2, 0.25) is 0 Å². The topological polar surface area (TPSA) is 94.1 Å². The molecule has 8 nitrogen and oxygen atoms in total. The Kier molecular flexibility index (Phi) is 36.3. The molecule has 9 heteroatoms. The Morgan fingerprint density at radius 1 is 0.604 bits per heavy atom. The minimum atomic E-state index is -4.52. The van der Waals surface area contributed by atoms with Crippen LogP contribution in [0.5, 0.6) is 0 Å². The van der Waals surface area contributed by atoms with Gasteiger partial charge >= 0.3 is 5.97 Å². The molecule has 0 heterocycles. The van der Waals surface area contributed by atoms with Gasteiger partial charge in [-0.25, -0.2) is 0 Å². The molecule has 0 bridgehead atoms. The molecule has 0 aliphatic heterocycles. The van der Waals surface area contributed by atoms with Crippen LogP contribution in [0, 0.1) is 0 Å². The number of rotatable bonds is 39. The molecule has 0 spiro atoms. The van der Waals surface area contributed by atoms with E-state index in [0.717, 1.165) is 70.6 Å². The lowest BCUT2D eigenvalue weighted by Gasteiger charge is -2.28. The van der Waals surface area contributed by atoms with Gasteiger partial charge in [0.05, 0.1) is 34.4 Å². The van der Waals surface area contributed by atoms with Crippen molar-refractivity contribution in [2.75, 3.05) is 54.1 Å². The van der Waals surface area contributed by atoms with E-state index in [1.165, 1.54) is 77.0 Å². The summed E-state index contributed by atoms with van der Waals surface area (Å²) in [4.78, 5) is 25.0. The molecule has 0 rings (SSSR count). The lowest BCUT2D eigenvalue weighted by molar-refractivity contribution is -0.870. The molecule has 0 saturated heterocycles. The van der Waals surface area contributed by atoms with Crippen molar-refractivity contribution in [2.45, 2.75) is 174 Å². The maximum Gasteiger partial charge on any atom is 0.306 e. The highest BCUT2D eigenvalue weighted by Gasteiger charge is 2.20. The first-order valence-corrected chi connectivity index (χ1v) is 22.8. The summed E-state index contributed by atoms with van der Waals surface area (Å²) < 4.78 is 34.5. The van der Waals surface area contributed by atoms with E-state index in [0.29, 0.717) is 24.1 Å². The third kappa shape index (κ3) is 41.5. The van der Waals surface area contributed by atoms with Gasteiger partial charge in [0, 0.05) is 13.0 Å². The molecule has 0 radical (unpaired) electrons. The number of phosphoric acid groups is 1. The minimum absolute atomic E-state index is 0.0232. The zero-order valence-electron chi connectivity index (χ0n) is 35.0. The average molecular weight is 768 g/mol. The maximum atomic E-state index is 12.6. The van der Waals surface area contributed by atoms with Crippen molar-refractivity contribution >= 4 is 13.8 Å². The first-order chi connectivity index (χ1) is 25.6. The van der Waals surface area contributed by atoms with Crippen molar-refractivity contribution < 1.29 is 37.3 Å². The molecule has 53 heavy (non-hydrogen) atoms. The number of quaternary nitrogens is 1. The third-order valence-corrected chi connectivity index (χ3v) is 9.86. The summed E-state index contributed by atoms with van der Waals surface area (Å²) in [6.45, 7) is 5.26. The van der Waals surface area contributed by atoms with Crippen molar-refractivity contribution in [1.29, 1.82) is 0 Å². The van der Waals surface area contributed by atoms with Crippen molar-refractivity contribution in [3.8, 4) is 0 Å². The highest BCUT2D eigenvalue weighted by Crippen LogP contribution is 2.38. The van der Waals surface area contributed by atoms with Crippen molar-refractivity contribution in [1.82, 2.24) is 0 Å². The van der Waals surface area contributed by atoms with Gasteiger partial charge in [0.25, 0.3) is 7.82 Å². The fraction of sp³-hybridized carbons (Fsp3) is 0.795. The summed E-state index contributed by atoms with van der Waals surface area (Å²) in [6, 6.07) is 0. The van der Waals surface area contributed by atoms with E-state index in [1.54, 1.807) is 0 Å². The Bertz CT molecular complexity index is 989. The summed E-state index contributed by atoms with van der Waals surface area (Å²) in [7, 11) is 1.35. The molecule has 0 amide bonds. The number of allylic oxidation sites excluding steroid dienone is 8. The minimum Gasteiger partial charge on any atom is -0.756 e. The van der Waals surface area contributed by atoms with E-state index >= 15 is 0 Å². The average Bonchev–Trinajstić information content (AvgIpc) is 3.11. The van der Waals surface area contributed by atoms with Crippen LogP contribution in [0.15, 0.2) is 48.6 Å². The quantitative estimate of drug-likeness (QED) is 0.0202. The molecule has 0 saturated carbocycles. The van der Waals surface area contributed by atoms with E-state index in [-0.39, 0.29) is 25.8 Å². The van der Waals surface area contributed by atoms with Crippen LogP contribution < -0.4 is 4.89 Å². The second kappa shape index (κ2) is 37.4. The zero-order chi connectivity index (χ0) is 39.1. The van der Waals surface area contributed by atoms with Crippen LogP contribution in [0.4, 0.5) is 0 Å². The van der Waals surface area contributed by atoms with E-state index in [9.17, 15) is 14.3 Å². The fourth-order valence-electron chi connectivity index (χ4n) is 5.60. The molecule has 0 fully saturated rings. The zero-order valence-corrected chi connectivity index (χ0v) is 35.8. The first-order valence-electron chi connectivity index (χ1n) is 21.4. The van der Waals surface area contributed by atoms with Crippen LogP contribution in [0.3, 0.4) is 0 Å². The number of carbonyl (C=O) groups excluding carboxylic acids is 1.